The van der Waals surface area contributed by atoms with Gasteiger partial charge in [-0.3, -0.25) is 4.79 Å². The lowest BCUT2D eigenvalue weighted by Crippen LogP contribution is -2.24. The second-order valence-electron chi connectivity index (χ2n) is 6.64. The van der Waals surface area contributed by atoms with E-state index in [0.717, 1.165) is 11.3 Å². The van der Waals surface area contributed by atoms with Crippen LogP contribution in [-0.4, -0.2) is 17.6 Å². The molecule has 0 bridgehead atoms. The molecule has 0 radical (unpaired) electrons. The number of ether oxygens (including phenoxy) is 1. The van der Waals surface area contributed by atoms with Gasteiger partial charge in [0.1, 0.15) is 5.69 Å². The fourth-order valence-corrected chi connectivity index (χ4v) is 3.69. The van der Waals surface area contributed by atoms with Crippen molar-refractivity contribution in [3.05, 3.63) is 111 Å². The first-order chi connectivity index (χ1) is 14.1. The third-order valence-electron chi connectivity index (χ3n) is 4.85. The van der Waals surface area contributed by atoms with Crippen LogP contribution in [0.3, 0.4) is 0 Å². The number of hydrogen-bond acceptors (Lipinski definition) is 3. The summed E-state index contributed by atoms with van der Waals surface area (Å²) in [6, 6.07) is 24.1. The molecule has 5 heteroatoms. The van der Waals surface area contributed by atoms with Gasteiger partial charge in [0.15, 0.2) is 5.43 Å². The molecule has 0 saturated heterocycles. The number of halogens is 1. The van der Waals surface area contributed by atoms with Gasteiger partial charge >= 0.3 is 5.97 Å². The van der Waals surface area contributed by atoms with Gasteiger partial charge < -0.3 is 9.30 Å². The third-order valence-corrected chi connectivity index (χ3v) is 5.08. The van der Waals surface area contributed by atoms with E-state index in [-0.39, 0.29) is 11.1 Å². The van der Waals surface area contributed by atoms with Gasteiger partial charge in [-0.15, -0.1) is 0 Å². The summed E-state index contributed by atoms with van der Waals surface area (Å²) in [7, 11) is 1.32. The molecule has 29 heavy (non-hydrogen) atoms. The molecule has 0 amide bonds. The third kappa shape index (κ3) is 3.55. The average Bonchev–Trinajstić information content (AvgIpc) is 2.76. The van der Waals surface area contributed by atoms with Gasteiger partial charge in [0.2, 0.25) is 0 Å². The zero-order chi connectivity index (χ0) is 20.4. The maximum absolute atomic E-state index is 13.4. The monoisotopic (exact) mass is 403 g/mol. The van der Waals surface area contributed by atoms with E-state index in [1.165, 1.54) is 7.11 Å². The maximum atomic E-state index is 13.4. The summed E-state index contributed by atoms with van der Waals surface area (Å²) in [4.78, 5) is 26.3. The van der Waals surface area contributed by atoms with E-state index in [9.17, 15) is 9.59 Å². The number of hydrogen-bond donors (Lipinski definition) is 0. The minimum absolute atomic E-state index is 0.201. The molecule has 0 N–H and O–H groups in total. The highest BCUT2D eigenvalue weighted by atomic mass is 35.5. The Kier molecular flexibility index (Phi) is 5.19. The predicted molar refractivity (Wildman–Crippen MR) is 115 cm³/mol. The van der Waals surface area contributed by atoms with Crippen LogP contribution in [0.2, 0.25) is 5.02 Å². The lowest BCUT2D eigenvalue weighted by Gasteiger charge is -2.19. The predicted octanol–water partition coefficient (Wildman–Crippen LogP) is 5.02. The number of esters is 1. The molecule has 0 unspecified atom stereocenters. The van der Waals surface area contributed by atoms with Crippen LogP contribution in [-0.2, 0) is 11.2 Å². The summed E-state index contributed by atoms with van der Waals surface area (Å²) in [5, 5.41) is 0.977. The molecule has 0 aliphatic carbocycles. The number of para-hydroxylation sites is 1. The summed E-state index contributed by atoms with van der Waals surface area (Å²) < 4.78 is 6.84. The van der Waals surface area contributed by atoms with Crippen LogP contribution >= 0.6 is 11.6 Å². The van der Waals surface area contributed by atoms with Crippen molar-refractivity contribution >= 4 is 28.5 Å². The zero-order valence-electron chi connectivity index (χ0n) is 15.8. The SMILES string of the molecule is COC(=O)c1c(Cc2ccccc2)c(=O)c2ccc(Cl)cc2n1-c1ccccc1. The molecule has 1 aromatic heterocycles. The highest BCUT2D eigenvalue weighted by molar-refractivity contribution is 6.31. The number of methoxy groups -OCH3 is 1. The van der Waals surface area contributed by atoms with Crippen LogP contribution in [0, 0.1) is 0 Å². The van der Waals surface area contributed by atoms with Gasteiger partial charge in [0.05, 0.1) is 12.6 Å². The molecule has 1 heterocycles. The van der Waals surface area contributed by atoms with Crippen molar-refractivity contribution in [1.82, 2.24) is 4.57 Å². The minimum atomic E-state index is -0.571. The molecular weight excluding hydrogens is 386 g/mol. The van der Waals surface area contributed by atoms with Gasteiger partial charge in [-0.1, -0.05) is 60.1 Å². The summed E-state index contributed by atoms with van der Waals surface area (Å²) in [6.45, 7) is 0. The number of carbonyl (C=O) groups is 1. The maximum Gasteiger partial charge on any atom is 0.355 e. The number of carbonyl (C=O) groups excluding carboxylic acids is 1. The average molecular weight is 404 g/mol. The van der Waals surface area contributed by atoms with E-state index in [0.29, 0.717) is 27.9 Å². The Morgan fingerprint density at radius 1 is 0.966 bits per heavy atom. The van der Waals surface area contributed by atoms with Crippen LogP contribution in [0.5, 0.6) is 0 Å². The van der Waals surface area contributed by atoms with E-state index in [1.54, 1.807) is 22.8 Å². The topological polar surface area (TPSA) is 48.3 Å². The lowest BCUT2D eigenvalue weighted by atomic mass is 9.99. The molecule has 4 rings (SSSR count). The number of aromatic nitrogens is 1. The summed E-state index contributed by atoms with van der Waals surface area (Å²) in [6.07, 6.45) is 0.315. The number of fused-ring (bicyclic) bond motifs is 1. The lowest BCUT2D eigenvalue weighted by molar-refractivity contribution is 0.0590. The molecule has 0 aliphatic rings. The van der Waals surface area contributed by atoms with Gasteiger partial charge in [0.25, 0.3) is 0 Å². The van der Waals surface area contributed by atoms with E-state index >= 15 is 0 Å². The first-order valence-electron chi connectivity index (χ1n) is 9.15. The Bertz CT molecular complexity index is 1250. The van der Waals surface area contributed by atoms with Gasteiger partial charge in [-0.25, -0.2) is 4.79 Å². The molecule has 4 nitrogen and oxygen atoms in total. The minimum Gasteiger partial charge on any atom is -0.464 e. The van der Waals surface area contributed by atoms with Crippen molar-refractivity contribution in [3.63, 3.8) is 0 Å². The van der Waals surface area contributed by atoms with Crippen LogP contribution in [0.15, 0.2) is 83.7 Å². The summed E-state index contributed by atoms with van der Waals surface area (Å²) in [5.41, 5.74) is 2.64. The van der Waals surface area contributed by atoms with E-state index in [2.05, 4.69) is 0 Å². The fraction of sp³-hybridized carbons (Fsp3) is 0.0833. The molecule has 4 aromatic rings. The van der Waals surface area contributed by atoms with Crippen LogP contribution in [0.4, 0.5) is 0 Å². The highest BCUT2D eigenvalue weighted by Crippen LogP contribution is 2.26. The number of benzene rings is 3. The molecule has 0 saturated carbocycles. The normalized spacial score (nSPS) is 10.8. The number of pyridine rings is 1. The van der Waals surface area contributed by atoms with Gasteiger partial charge in [0, 0.05) is 28.1 Å². The Hall–Kier alpha value is -3.37. The Morgan fingerprint density at radius 3 is 2.28 bits per heavy atom. The second-order valence-corrected chi connectivity index (χ2v) is 7.08. The van der Waals surface area contributed by atoms with Crippen molar-refractivity contribution in [2.24, 2.45) is 0 Å². The molecule has 0 spiro atoms. The van der Waals surface area contributed by atoms with Crippen molar-refractivity contribution < 1.29 is 9.53 Å². The quantitative estimate of drug-likeness (QED) is 0.449. The van der Waals surface area contributed by atoms with E-state index in [4.69, 9.17) is 16.3 Å². The zero-order valence-corrected chi connectivity index (χ0v) is 16.5. The highest BCUT2D eigenvalue weighted by Gasteiger charge is 2.24. The van der Waals surface area contributed by atoms with Gasteiger partial charge in [-0.05, 0) is 35.9 Å². The van der Waals surface area contributed by atoms with Gasteiger partial charge in [-0.2, -0.15) is 0 Å². The molecule has 3 aromatic carbocycles. The molecular formula is C24H18ClNO3. The Balaban J connectivity index is 2.14. The van der Waals surface area contributed by atoms with Crippen LogP contribution in [0.25, 0.3) is 16.6 Å². The van der Waals surface area contributed by atoms with Crippen LogP contribution < -0.4 is 5.43 Å². The Labute approximate surface area is 172 Å². The number of rotatable bonds is 4. The van der Waals surface area contributed by atoms with Crippen molar-refractivity contribution in [3.8, 4) is 5.69 Å². The standard InChI is InChI=1S/C24H18ClNO3/c1-29-24(28)22-20(14-16-8-4-2-5-9-16)23(27)19-13-12-17(25)15-21(19)26(22)18-10-6-3-7-11-18/h2-13,15H,14H2,1H3. The smallest absolute Gasteiger partial charge is 0.355 e. The largest absolute Gasteiger partial charge is 0.464 e. The molecule has 0 aliphatic heterocycles. The molecule has 0 fully saturated rings. The summed E-state index contributed by atoms with van der Waals surface area (Å²) in [5.74, 6) is -0.571. The van der Waals surface area contributed by atoms with Crippen molar-refractivity contribution in [2.75, 3.05) is 7.11 Å². The molecule has 0 atom stereocenters. The summed E-state index contributed by atoms with van der Waals surface area (Å²) >= 11 is 6.23. The number of nitrogens with zero attached hydrogens (tertiary/aromatic N) is 1. The fourth-order valence-electron chi connectivity index (χ4n) is 3.53. The van der Waals surface area contributed by atoms with Crippen LogP contribution in [0.1, 0.15) is 21.6 Å². The first kappa shape index (κ1) is 19.0. The van der Waals surface area contributed by atoms with Crippen molar-refractivity contribution in [1.29, 1.82) is 0 Å². The van der Waals surface area contributed by atoms with E-state index < -0.39 is 5.97 Å². The Morgan fingerprint density at radius 2 is 1.62 bits per heavy atom. The first-order valence-corrected chi connectivity index (χ1v) is 9.52. The van der Waals surface area contributed by atoms with E-state index in [1.807, 2.05) is 60.7 Å². The molecule has 144 valence electrons. The second kappa shape index (κ2) is 7.94. The van der Waals surface area contributed by atoms with Crippen molar-refractivity contribution in [2.45, 2.75) is 6.42 Å².